The van der Waals surface area contributed by atoms with Gasteiger partial charge in [-0.05, 0) is 44.2 Å². The monoisotopic (exact) mass is 391 g/mol. The minimum Gasteiger partial charge on any atom is -0.411 e. The number of nitrogens with one attached hydrogen (secondary N) is 1. The maximum Gasteiger partial charge on any atom is 0.277 e. The van der Waals surface area contributed by atoms with Crippen LogP contribution in [0.4, 0.5) is 10.1 Å². The van der Waals surface area contributed by atoms with Gasteiger partial charge in [-0.25, -0.2) is 4.39 Å². The van der Waals surface area contributed by atoms with E-state index in [0.29, 0.717) is 16.8 Å². The maximum atomic E-state index is 13.1. The summed E-state index contributed by atoms with van der Waals surface area (Å²) in [5, 5.41) is 10.9. The molecule has 134 valence electrons. The summed E-state index contributed by atoms with van der Waals surface area (Å²) < 4.78 is 18.7. The maximum absolute atomic E-state index is 13.1. The molecule has 0 saturated carbocycles. The van der Waals surface area contributed by atoms with E-state index < -0.39 is 5.82 Å². The van der Waals surface area contributed by atoms with Gasteiger partial charge in [-0.2, -0.15) is 0 Å². The normalized spacial score (nSPS) is 10.8. The molecule has 1 amide bonds. The summed E-state index contributed by atoms with van der Waals surface area (Å²) in [5.74, 6) is -0.346. The first-order valence-corrected chi connectivity index (χ1v) is 9.07. The molecule has 1 N–H and O–H groups in total. The molecule has 1 aromatic heterocycles. The van der Waals surface area contributed by atoms with E-state index in [0.717, 1.165) is 28.5 Å². The van der Waals surface area contributed by atoms with Gasteiger partial charge >= 0.3 is 0 Å². The Morgan fingerprint density at radius 3 is 2.62 bits per heavy atom. The number of halogens is 2. The number of hydrogen-bond donors (Lipinski definition) is 1. The standard InChI is InChI=1S/C18H15ClFN3O2S/c1-10-5-11(2)7-12(6-10)17-22-23-18(25-17)26-9-16(24)21-13-3-4-15(20)14(19)8-13/h3-8H,9H2,1-2H3,(H,21,24). The molecular weight excluding hydrogens is 377 g/mol. The van der Waals surface area contributed by atoms with Crippen LogP contribution in [0.2, 0.25) is 5.02 Å². The van der Waals surface area contributed by atoms with Gasteiger partial charge in [0.25, 0.3) is 5.22 Å². The summed E-state index contributed by atoms with van der Waals surface area (Å²) in [6.45, 7) is 3.99. The number of aryl methyl sites for hydroxylation is 2. The van der Waals surface area contributed by atoms with E-state index in [4.69, 9.17) is 16.0 Å². The van der Waals surface area contributed by atoms with E-state index in [-0.39, 0.29) is 16.7 Å². The number of benzene rings is 2. The molecule has 3 rings (SSSR count). The van der Waals surface area contributed by atoms with Crippen LogP contribution in [0.3, 0.4) is 0 Å². The zero-order chi connectivity index (χ0) is 18.7. The number of hydrogen-bond acceptors (Lipinski definition) is 5. The number of carbonyl (C=O) groups is 1. The van der Waals surface area contributed by atoms with Crippen molar-refractivity contribution < 1.29 is 13.6 Å². The Morgan fingerprint density at radius 2 is 1.92 bits per heavy atom. The van der Waals surface area contributed by atoms with Gasteiger partial charge in [0.1, 0.15) is 5.82 Å². The van der Waals surface area contributed by atoms with Crippen LogP contribution in [-0.2, 0) is 4.79 Å². The van der Waals surface area contributed by atoms with E-state index in [9.17, 15) is 9.18 Å². The number of anilines is 1. The van der Waals surface area contributed by atoms with Crippen LogP contribution in [0.5, 0.6) is 0 Å². The first kappa shape index (κ1) is 18.4. The Labute approximate surface area is 159 Å². The summed E-state index contributed by atoms with van der Waals surface area (Å²) >= 11 is 6.81. The molecule has 0 unspecified atom stereocenters. The SMILES string of the molecule is Cc1cc(C)cc(-c2nnc(SCC(=O)Nc3ccc(F)c(Cl)c3)o2)c1. The summed E-state index contributed by atoms with van der Waals surface area (Å²) in [4.78, 5) is 12.0. The largest absolute Gasteiger partial charge is 0.411 e. The van der Waals surface area contributed by atoms with E-state index in [1.807, 2.05) is 26.0 Å². The Bertz CT molecular complexity index is 941. The minimum absolute atomic E-state index is 0.0505. The quantitative estimate of drug-likeness (QED) is 0.628. The summed E-state index contributed by atoms with van der Waals surface area (Å²) in [5.41, 5.74) is 3.46. The van der Waals surface area contributed by atoms with Crippen LogP contribution in [0.15, 0.2) is 46.0 Å². The number of nitrogens with zero attached hydrogens (tertiary/aromatic N) is 2. The van der Waals surface area contributed by atoms with E-state index in [1.165, 1.54) is 18.2 Å². The lowest BCUT2D eigenvalue weighted by atomic mass is 10.1. The smallest absolute Gasteiger partial charge is 0.277 e. The Balaban J connectivity index is 1.60. The number of amides is 1. The highest BCUT2D eigenvalue weighted by atomic mass is 35.5. The molecule has 26 heavy (non-hydrogen) atoms. The van der Waals surface area contributed by atoms with Crippen molar-refractivity contribution in [1.29, 1.82) is 0 Å². The van der Waals surface area contributed by atoms with E-state index in [1.54, 1.807) is 0 Å². The summed E-state index contributed by atoms with van der Waals surface area (Å²) in [6, 6.07) is 9.96. The summed E-state index contributed by atoms with van der Waals surface area (Å²) in [7, 11) is 0. The zero-order valence-corrected chi connectivity index (χ0v) is 15.6. The van der Waals surface area contributed by atoms with Crippen LogP contribution in [0.1, 0.15) is 11.1 Å². The van der Waals surface area contributed by atoms with Crippen LogP contribution in [0, 0.1) is 19.7 Å². The molecule has 0 aliphatic rings. The molecule has 8 heteroatoms. The van der Waals surface area contributed by atoms with Gasteiger partial charge in [0.05, 0.1) is 10.8 Å². The minimum atomic E-state index is -0.538. The highest BCUT2D eigenvalue weighted by molar-refractivity contribution is 7.99. The first-order chi connectivity index (χ1) is 12.4. The van der Waals surface area contributed by atoms with Crippen LogP contribution in [-0.4, -0.2) is 21.9 Å². The lowest BCUT2D eigenvalue weighted by Crippen LogP contribution is -2.14. The second kappa shape index (κ2) is 7.88. The third-order valence-corrected chi connectivity index (χ3v) is 4.51. The van der Waals surface area contributed by atoms with Crippen molar-refractivity contribution in [2.75, 3.05) is 11.1 Å². The number of carbonyl (C=O) groups excluding carboxylic acids is 1. The van der Waals surface area contributed by atoms with Gasteiger partial charge in [0.2, 0.25) is 11.8 Å². The fourth-order valence-electron chi connectivity index (χ4n) is 2.38. The van der Waals surface area contributed by atoms with Gasteiger partial charge in [0.15, 0.2) is 0 Å². The topological polar surface area (TPSA) is 68.0 Å². The fraction of sp³-hybridized carbons (Fsp3) is 0.167. The van der Waals surface area contributed by atoms with Crippen molar-refractivity contribution >= 4 is 35.0 Å². The van der Waals surface area contributed by atoms with Crippen molar-refractivity contribution in [2.24, 2.45) is 0 Å². The molecule has 0 aliphatic heterocycles. The molecule has 3 aromatic rings. The van der Waals surface area contributed by atoms with Crippen molar-refractivity contribution in [3.8, 4) is 11.5 Å². The third-order valence-electron chi connectivity index (χ3n) is 3.41. The fourth-order valence-corrected chi connectivity index (χ4v) is 3.12. The average Bonchev–Trinajstić information content (AvgIpc) is 3.05. The molecule has 0 spiro atoms. The van der Waals surface area contributed by atoms with Crippen LogP contribution < -0.4 is 5.32 Å². The van der Waals surface area contributed by atoms with E-state index in [2.05, 4.69) is 21.6 Å². The van der Waals surface area contributed by atoms with Gasteiger partial charge < -0.3 is 9.73 Å². The zero-order valence-electron chi connectivity index (χ0n) is 14.0. The first-order valence-electron chi connectivity index (χ1n) is 7.70. The van der Waals surface area contributed by atoms with Crippen LogP contribution in [0.25, 0.3) is 11.5 Å². The Hall–Kier alpha value is -2.38. The molecule has 0 atom stereocenters. The van der Waals surface area contributed by atoms with Gasteiger partial charge in [-0.3, -0.25) is 4.79 Å². The highest BCUT2D eigenvalue weighted by Gasteiger charge is 2.12. The molecule has 1 heterocycles. The predicted molar refractivity (Wildman–Crippen MR) is 100.0 cm³/mol. The average molecular weight is 392 g/mol. The van der Waals surface area contributed by atoms with Gasteiger partial charge in [-0.15, -0.1) is 10.2 Å². The molecule has 0 aliphatic carbocycles. The Kier molecular flexibility index (Phi) is 5.58. The third kappa shape index (κ3) is 4.62. The summed E-state index contributed by atoms with van der Waals surface area (Å²) in [6.07, 6.45) is 0. The second-order valence-corrected chi connectivity index (χ2v) is 7.05. The predicted octanol–water partition coefficient (Wildman–Crippen LogP) is 4.88. The van der Waals surface area contributed by atoms with Crippen molar-refractivity contribution in [2.45, 2.75) is 19.1 Å². The van der Waals surface area contributed by atoms with Gasteiger partial charge in [-0.1, -0.05) is 40.6 Å². The molecule has 2 aromatic carbocycles. The molecule has 0 fully saturated rings. The molecular formula is C18H15ClFN3O2S. The van der Waals surface area contributed by atoms with Crippen molar-refractivity contribution in [1.82, 2.24) is 10.2 Å². The van der Waals surface area contributed by atoms with E-state index >= 15 is 0 Å². The van der Waals surface area contributed by atoms with Gasteiger partial charge in [0, 0.05) is 11.3 Å². The lowest BCUT2D eigenvalue weighted by Gasteiger charge is -2.04. The molecule has 5 nitrogen and oxygen atoms in total. The second-order valence-electron chi connectivity index (χ2n) is 5.72. The molecule has 0 radical (unpaired) electrons. The molecule has 0 bridgehead atoms. The number of thioether (sulfide) groups is 1. The van der Waals surface area contributed by atoms with Crippen molar-refractivity contribution in [3.63, 3.8) is 0 Å². The Morgan fingerprint density at radius 1 is 1.19 bits per heavy atom. The van der Waals surface area contributed by atoms with Crippen LogP contribution >= 0.6 is 23.4 Å². The highest BCUT2D eigenvalue weighted by Crippen LogP contribution is 2.25. The molecule has 0 saturated heterocycles. The number of rotatable bonds is 5. The number of aromatic nitrogens is 2. The van der Waals surface area contributed by atoms with Crippen molar-refractivity contribution in [3.05, 3.63) is 58.4 Å². The lowest BCUT2D eigenvalue weighted by molar-refractivity contribution is -0.113.